The molecule has 1 aromatic heterocycles. The number of aryl methyl sites for hydroxylation is 2. The van der Waals surface area contributed by atoms with E-state index in [0.717, 1.165) is 38.1 Å². The van der Waals surface area contributed by atoms with Crippen LogP contribution in [-0.2, 0) is 24.1 Å². The van der Waals surface area contributed by atoms with Crippen LogP contribution >= 0.6 is 0 Å². The highest BCUT2D eigenvalue weighted by atomic mass is 16.5. The molecule has 1 rings (SSSR count). The Balaban J connectivity index is 2.67. The molecule has 0 radical (unpaired) electrons. The number of nitrogens with one attached hydrogen (secondary N) is 1. The van der Waals surface area contributed by atoms with Crippen molar-refractivity contribution >= 4 is 0 Å². The molecular formula is C12H24N4O. The van der Waals surface area contributed by atoms with Crippen molar-refractivity contribution in [1.82, 2.24) is 15.2 Å². The van der Waals surface area contributed by atoms with Crippen molar-refractivity contribution in [3.63, 3.8) is 0 Å². The lowest BCUT2D eigenvalue weighted by atomic mass is 10.1. The zero-order valence-corrected chi connectivity index (χ0v) is 11.1. The summed E-state index contributed by atoms with van der Waals surface area (Å²) >= 11 is 0. The van der Waals surface area contributed by atoms with Crippen molar-refractivity contribution in [2.24, 2.45) is 5.84 Å². The molecule has 0 spiro atoms. The molecule has 0 saturated carbocycles. The van der Waals surface area contributed by atoms with Crippen molar-refractivity contribution in [2.75, 3.05) is 13.7 Å². The number of hydrogen-bond acceptors (Lipinski definition) is 4. The minimum atomic E-state index is 0.238. The van der Waals surface area contributed by atoms with Crippen LogP contribution in [0, 0.1) is 0 Å². The van der Waals surface area contributed by atoms with Crippen LogP contribution < -0.4 is 11.3 Å². The van der Waals surface area contributed by atoms with Gasteiger partial charge in [-0.05, 0) is 25.8 Å². The molecule has 0 amide bonds. The lowest BCUT2D eigenvalue weighted by Crippen LogP contribution is -2.38. The zero-order chi connectivity index (χ0) is 12.7. The van der Waals surface area contributed by atoms with E-state index in [-0.39, 0.29) is 6.04 Å². The fourth-order valence-corrected chi connectivity index (χ4v) is 1.88. The summed E-state index contributed by atoms with van der Waals surface area (Å²) in [7, 11) is 1.71. The summed E-state index contributed by atoms with van der Waals surface area (Å²) < 4.78 is 7.13. The number of nitrogens with zero attached hydrogens (tertiary/aromatic N) is 2. The lowest BCUT2D eigenvalue weighted by Gasteiger charge is -2.15. The molecule has 17 heavy (non-hydrogen) atoms. The van der Waals surface area contributed by atoms with Crippen LogP contribution in [-0.4, -0.2) is 29.5 Å². The minimum Gasteiger partial charge on any atom is -0.385 e. The molecule has 3 N–H and O–H groups in total. The highest BCUT2D eigenvalue weighted by molar-refractivity contribution is 5.11. The quantitative estimate of drug-likeness (QED) is 0.523. The molecule has 1 aromatic rings. The van der Waals surface area contributed by atoms with E-state index in [0.29, 0.717) is 0 Å². The third-order valence-electron chi connectivity index (χ3n) is 2.94. The average Bonchev–Trinajstić information content (AvgIpc) is 2.76. The number of methoxy groups -OCH3 is 1. The fourth-order valence-electron chi connectivity index (χ4n) is 1.88. The summed E-state index contributed by atoms with van der Waals surface area (Å²) in [5.41, 5.74) is 5.23. The van der Waals surface area contributed by atoms with Gasteiger partial charge in [0.05, 0.1) is 5.69 Å². The number of rotatable bonds is 8. The number of hydrogen-bond donors (Lipinski definition) is 2. The number of hydrazine groups is 1. The van der Waals surface area contributed by atoms with E-state index in [9.17, 15) is 0 Å². The average molecular weight is 240 g/mol. The van der Waals surface area contributed by atoms with E-state index in [1.807, 2.05) is 0 Å². The normalized spacial score (nSPS) is 12.9. The standard InChI is InChI=1S/C12H24N4O/c1-4-10-8-12(16(5-2)15-10)9-11(14-13)6-7-17-3/h8,11,14H,4-7,9,13H2,1-3H3. The van der Waals surface area contributed by atoms with Crippen LogP contribution in [0.3, 0.4) is 0 Å². The Labute approximate surface area is 103 Å². The minimum absolute atomic E-state index is 0.238. The Hall–Kier alpha value is -0.910. The molecule has 1 atom stereocenters. The highest BCUT2D eigenvalue weighted by Gasteiger charge is 2.12. The first kappa shape index (κ1) is 14.2. The molecule has 1 unspecified atom stereocenters. The van der Waals surface area contributed by atoms with Crippen molar-refractivity contribution in [1.29, 1.82) is 0 Å². The van der Waals surface area contributed by atoms with Crippen LogP contribution in [0.15, 0.2) is 6.07 Å². The maximum Gasteiger partial charge on any atom is 0.0624 e. The summed E-state index contributed by atoms with van der Waals surface area (Å²) in [5.74, 6) is 5.56. The van der Waals surface area contributed by atoms with Gasteiger partial charge in [0.25, 0.3) is 0 Å². The van der Waals surface area contributed by atoms with Gasteiger partial charge in [-0.15, -0.1) is 0 Å². The molecule has 0 bridgehead atoms. The Morgan fingerprint density at radius 1 is 1.53 bits per heavy atom. The second kappa shape index (κ2) is 7.42. The van der Waals surface area contributed by atoms with E-state index >= 15 is 0 Å². The van der Waals surface area contributed by atoms with Gasteiger partial charge in [-0.1, -0.05) is 6.92 Å². The van der Waals surface area contributed by atoms with Gasteiger partial charge < -0.3 is 4.74 Å². The van der Waals surface area contributed by atoms with E-state index < -0.39 is 0 Å². The number of aromatic nitrogens is 2. The van der Waals surface area contributed by atoms with Gasteiger partial charge in [-0.2, -0.15) is 5.10 Å². The molecule has 0 aromatic carbocycles. The van der Waals surface area contributed by atoms with Crippen molar-refractivity contribution in [3.8, 4) is 0 Å². The molecule has 1 heterocycles. The maximum absolute atomic E-state index is 5.56. The smallest absolute Gasteiger partial charge is 0.0624 e. The molecule has 0 aliphatic heterocycles. The molecule has 5 nitrogen and oxygen atoms in total. The summed E-state index contributed by atoms with van der Waals surface area (Å²) in [6.45, 7) is 5.85. The van der Waals surface area contributed by atoms with Crippen LogP contribution in [0.25, 0.3) is 0 Å². The van der Waals surface area contributed by atoms with Gasteiger partial charge in [-0.25, -0.2) is 0 Å². The van der Waals surface area contributed by atoms with Gasteiger partial charge in [0.15, 0.2) is 0 Å². The fraction of sp³-hybridized carbons (Fsp3) is 0.750. The first-order valence-corrected chi connectivity index (χ1v) is 6.25. The van der Waals surface area contributed by atoms with Crippen molar-refractivity contribution in [3.05, 3.63) is 17.5 Å². The second-order valence-electron chi connectivity index (χ2n) is 4.15. The summed E-state index contributed by atoms with van der Waals surface area (Å²) in [6, 6.07) is 2.40. The lowest BCUT2D eigenvalue weighted by molar-refractivity contribution is 0.182. The van der Waals surface area contributed by atoms with Gasteiger partial charge in [0, 0.05) is 38.4 Å². The van der Waals surface area contributed by atoms with Gasteiger partial charge in [0.1, 0.15) is 0 Å². The molecular weight excluding hydrogens is 216 g/mol. The van der Waals surface area contributed by atoms with Crippen LogP contribution in [0.2, 0.25) is 0 Å². The van der Waals surface area contributed by atoms with Gasteiger partial charge in [-0.3, -0.25) is 16.0 Å². The Morgan fingerprint density at radius 3 is 2.82 bits per heavy atom. The van der Waals surface area contributed by atoms with Crippen LogP contribution in [0.4, 0.5) is 0 Å². The molecule has 0 aliphatic rings. The zero-order valence-electron chi connectivity index (χ0n) is 11.1. The van der Waals surface area contributed by atoms with Crippen molar-refractivity contribution in [2.45, 2.75) is 45.7 Å². The molecule has 98 valence electrons. The first-order valence-electron chi connectivity index (χ1n) is 6.25. The first-order chi connectivity index (χ1) is 8.24. The van der Waals surface area contributed by atoms with Crippen LogP contribution in [0.1, 0.15) is 31.7 Å². The molecule has 0 saturated heterocycles. The van der Waals surface area contributed by atoms with E-state index in [2.05, 4.69) is 35.1 Å². The molecule has 0 fully saturated rings. The SMILES string of the molecule is CCc1cc(CC(CCOC)NN)n(CC)n1. The molecule has 0 aliphatic carbocycles. The summed E-state index contributed by atoms with van der Waals surface area (Å²) in [4.78, 5) is 0. The maximum atomic E-state index is 5.56. The number of ether oxygens (including phenoxy) is 1. The summed E-state index contributed by atoms with van der Waals surface area (Å²) in [6.07, 6.45) is 2.77. The Morgan fingerprint density at radius 2 is 2.29 bits per heavy atom. The third kappa shape index (κ3) is 4.11. The van der Waals surface area contributed by atoms with Crippen molar-refractivity contribution < 1.29 is 4.74 Å². The van der Waals surface area contributed by atoms with Gasteiger partial charge >= 0.3 is 0 Å². The van der Waals surface area contributed by atoms with Gasteiger partial charge in [0.2, 0.25) is 0 Å². The highest BCUT2D eigenvalue weighted by Crippen LogP contribution is 2.09. The summed E-state index contributed by atoms with van der Waals surface area (Å²) in [5, 5.41) is 4.53. The second-order valence-corrected chi connectivity index (χ2v) is 4.15. The number of nitrogens with two attached hydrogens (primary N) is 1. The predicted molar refractivity (Wildman–Crippen MR) is 68.6 cm³/mol. The Kier molecular flexibility index (Phi) is 6.18. The van der Waals surface area contributed by atoms with E-state index in [4.69, 9.17) is 10.6 Å². The molecule has 5 heteroatoms. The monoisotopic (exact) mass is 240 g/mol. The van der Waals surface area contributed by atoms with Crippen LogP contribution in [0.5, 0.6) is 0 Å². The Bertz CT molecular complexity index is 324. The third-order valence-corrected chi connectivity index (χ3v) is 2.94. The topological polar surface area (TPSA) is 65.1 Å². The van der Waals surface area contributed by atoms with E-state index in [1.165, 1.54) is 5.69 Å². The van der Waals surface area contributed by atoms with E-state index in [1.54, 1.807) is 7.11 Å². The largest absolute Gasteiger partial charge is 0.385 e. The predicted octanol–water partition coefficient (Wildman–Crippen LogP) is 0.876.